The summed E-state index contributed by atoms with van der Waals surface area (Å²) in [6.45, 7) is 0.574. The topological polar surface area (TPSA) is 64.4 Å². The fourth-order valence-corrected chi connectivity index (χ4v) is 2.21. The van der Waals surface area contributed by atoms with Crippen LogP contribution in [0.3, 0.4) is 0 Å². The molecule has 0 unspecified atom stereocenters. The van der Waals surface area contributed by atoms with Gasteiger partial charge in [-0.2, -0.15) is 4.39 Å². The molecule has 0 fully saturated rings. The van der Waals surface area contributed by atoms with Gasteiger partial charge in [0.2, 0.25) is 5.82 Å². The van der Waals surface area contributed by atoms with Crippen molar-refractivity contribution in [3.8, 4) is 11.5 Å². The molecule has 0 saturated heterocycles. The van der Waals surface area contributed by atoms with Crippen LogP contribution in [0.4, 0.5) is 10.1 Å². The first kappa shape index (κ1) is 15.4. The summed E-state index contributed by atoms with van der Waals surface area (Å²) < 4.78 is 20.1. The highest BCUT2D eigenvalue weighted by molar-refractivity contribution is 9.10. The Hall–Kier alpha value is -1.99. The number of nitrogens with one attached hydrogen (secondary N) is 1. The van der Waals surface area contributed by atoms with Gasteiger partial charge >= 0.3 is 5.69 Å². The first-order valence-electron chi connectivity index (χ1n) is 6.06. The minimum atomic E-state index is -0.926. The fourth-order valence-electron chi connectivity index (χ4n) is 1.80. The van der Waals surface area contributed by atoms with Crippen molar-refractivity contribution >= 4 is 21.6 Å². The van der Waals surface area contributed by atoms with E-state index in [0.29, 0.717) is 12.3 Å². The Kier molecular flexibility index (Phi) is 4.87. The lowest BCUT2D eigenvalue weighted by atomic mass is 10.2. The van der Waals surface area contributed by atoms with Crippen molar-refractivity contribution in [3.05, 3.63) is 62.4 Å². The second-order valence-corrected chi connectivity index (χ2v) is 5.17. The first-order chi connectivity index (χ1) is 10.0. The van der Waals surface area contributed by atoms with E-state index >= 15 is 0 Å². The van der Waals surface area contributed by atoms with Crippen molar-refractivity contribution in [2.24, 2.45) is 0 Å². The molecular formula is C14H12BrFN2O3. The lowest BCUT2D eigenvalue weighted by Gasteiger charge is -2.11. The van der Waals surface area contributed by atoms with Gasteiger partial charge in [-0.25, -0.2) is 0 Å². The summed E-state index contributed by atoms with van der Waals surface area (Å²) in [7, 11) is 1.80. The maximum absolute atomic E-state index is 13.6. The average molecular weight is 355 g/mol. The molecule has 1 N–H and O–H groups in total. The molecule has 0 aliphatic rings. The Morgan fingerprint density at radius 2 is 2.10 bits per heavy atom. The molecule has 0 atom stereocenters. The van der Waals surface area contributed by atoms with Crippen LogP contribution in [0.25, 0.3) is 0 Å². The van der Waals surface area contributed by atoms with Gasteiger partial charge in [0.15, 0.2) is 0 Å². The second-order valence-electron chi connectivity index (χ2n) is 4.25. The molecule has 0 aliphatic carbocycles. The average Bonchev–Trinajstić information content (AvgIpc) is 2.42. The van der Waals surface area contributed by atoms with Gasteiger partial charge in [-0.15, -0.1) is 0 Å². The molecule has 0 spiro atoms. The highest BCUT2D eigenvalue weighted by Crippen LogP contribution is 2.30. The molecular weight excluding hydrogens is 343 g/mol. The molecule has 2 aromatic carbocycles. The van der Waals surface area contributed by atoms with E-state index in [1.807, 2.05) is 6.07 Å². The lowest BCUT2D eigenvalue weighted by molar-refractivity contribution is -0.387. The number of halogens is 2. The summed E-state index contributed by atoms with van der Waals surface area (Å²) in [4.78, 5) is 9.81. The summed E-state index contributed by atoms with van der Waals surface area (Å²) in [5, 5.41) is 13.6. The molecule has 7 heteroatoms. The Morgan fingerprint density at radius 3 is 2.71 bits per heavy atom. The number of benzene rings is 2. The zero-order chi connectivity index (χ0) is 15.4. The SMILES string of the molecule is CNCc1cc(Br)ccc1Oc1ccc([N+](=O)[O-])c(F)c1. The van der Waals surface area contributed by atoms with Gasteiger partial charge in [0.25, 0.3) is 0 Å². The summed E-state index contributed by atoms with van der Waals surface area (Å²) in [5.74, 6) is -0.164. The maximum atomic E-state index is 13.6. The third kappa shape index (κ3) is 3.77. The van der Waals surface area contributed by atoms with Gasteiger partial charge in [-0.1, -0.05) is 15.9 Å². The standard InChI is InChI=1S/C14H12BrFN2O3/c1-17-8-9-6-10(15)2-5-14(9)21-11-3-4-13(18(19)20)12(16)7-11/h2-7,17H,8H2,1H3. The Bertz CT molecular complexity index is 679. The molecule has 2 aromatic rings. The van der Waals surface area contributed by atoms with Gasteiger partial charge in [-0.05, 0) is 31.3 Å². The molecule has 0 radical (unpaired) electrons. The third-order valence-electron chi connectivity index (χ3n) is 2.73. The summed E-state index contributed by atoms with van der Waals surface area (Å²) in [6.07, 6.45) is 0. The molecule has 0 amide bonds. The molecule has 0 aliphatic heterocycles. The number of nitro benzene ring substituents is 1. The smallest absolute Gasteiger partial charge is 0.305 e. The van der Waals surface area contributed by atoms with E-state index in [2.05, 4.69) is 21.2 Å². The second kappa shape index (κ2) is 6.64. The van der Waals surface area contributed by atoms with E-state index in [-0.39, 0.29) is 5.75 Å². The van der Waals surface area contributed by atoms with Crippen LogP contribution < -0.4 is 10.1 Å². The quantitative estimate of drug-likeness (QED) is 0.650. The highest BCUT2D eigenvalue weighted by atomic mass is 79.9. The molecule has 0 saturated carbocycles. The van der Waals surface area contributed by atoms with Crippen molar-refractivity contribution in [1.82, 2.24) is 5.32 Å². The molecule has 0 heterocycles. The normalized spacial score (nSPS) is 10.4. The molecule has 110 valence electrons. The predicted octanol–water partition coefficient (Wildman–Crippen LogP) is 4.01. The molecule has 21 heavy (non-hydrogen) atoms. The number of hydrogen-bond acceptors (Lipinski definition) is 4. The zero-order valence-corrected chi connectivity index (χ0v) is 12.7. The minimum Gasteiger partial charge on any atom is -0.457 e. The van der Waals surface area contributed by atoms with Crippen LogP contribution in [0.5, 0.6) is 11.5 Å². The minimum absolute atomic E-state index is 0.206. The van der Waals surface area contributed by atoms with Crippen LogP contribution in [-0.4, -0.2) is 12.0 Å². The van der Waals surface area contributed by atoms with E-state index in [0.717, 1.165) is 22.2 Å². The van der Waals surface area contributed by atoms with Gasteiger partial charge < -0.3 is 10.1 Å². The summed E-state index contributed by atoms with van der Waals surface area (Å²) in [5.41, 5.74) is 0.305. The number of hydrogen-bond donors (Lipinski definition) is 1. The molecule has 5 nitrogen and oxygen atoms in total. The van der Waals surface area contributed by atoms with E-state index in [9.17, 15) is 14.5 Å². The van der Waals surface area contributed by atoms with Crippen LogP contribution in [-0.2, 0) is 6.54 Å². The van der Waals surface area contributed by atoms with E-state index in [4.69, 9.17) is 4.74 Å². The zero-order valence-electron chi connectivity index (χ0n) is 11.1. The molecule has 2 rings (SSSR count). The summed E-state index contributed by atoms with van der Waals surface area (Å²) >= 11 is 3.37. The van der Waals surface area contributed by atoms with Crippen molar-refractivity contribution in [1.29, 1.82) is 0 Å². The van der Waals surface area contributed by atoms with E-state index in [1.54, 1.807) is 19.2 Å². The van der Waals surface area contributed by atoms with Gasteiger partial charge in [0.05, 0.1) is 4.92 Å². The summed E-state index contributed by atoms with van der Waals surface area (Å²) in [6, 6.07) is 8.89. The van der Waals surface area contributed by atoms with Crippen molar-refractivity contribution < 1.29 is 14.1 Å². The van der Waals surface area contributed by atoms with E-state index < -0.39 is 16.4 Å². The van der Waals surface area contributed by atoms with E-state index in [1.165, 1.54) is 6.07 Å². The van der Waals surface area contributed by atoms with Crippen LogP contribution >= 0.6 is 15.9 Å². The van der Waals surface area contributed by atoms with Gasteiger partial charge in [0.1, 0.15) is 11.5 Å². The lowest BCUT2D eigenvalue weighted by Crippen LogP contribution is -2.06. The van der Waals surface area contributed by atoms with Crippen LogP contribution in [0.15, 0.2) is 40.9 Å². The fraction of sp³-hybridized carbons (Fsp3) is 0.143. The van der Waals surface area contributed by atoms with Gasteiger partial charge in [-0.3, -0.25) is 10.1 Å². The molecule has 0 aromatic heterocycles. The van der Waals surface area contributed by atoms with Crippen LogP contribution in [0.1, 0.15) is 5.56 Å². The highest BCUT2D eigenvalue weighted by Gasteiger charge is 2.15. The predicted molar refractivity (Wildman–Crippen MR) is 80.0 cm³/mol. The van der Waals surface area contributed by atoms with Crippen molar-refractivity contribution in [2.45, 2.75) is 6.54 Å². The monoisotopic (exact) mass is 354 g/mol. The van der Waals surface area contributed by atoms with Crippen LogP contribution in [0.2, 0.25) is 0 Å². The Morgan fingerprint density at radius 1 is 1.33 bits per heavy atom. The number of rotatable bonds is 5. The van der Waals surface area contributed by atoms with Crippen LogP contribution in [0, 0.1) is 15.9 Å². The maximum Gasteiger partial charge on any atom is 0.305 e. The molecule has 0 bridgehead atoms. The number of nitrogens with zero attached hydrogens (tertiary/aromatic N) is 1. The Balaban J connectivity index is 2.30. The van der Waals surface area contributed by atoms with Crippen molar-refractivity contribution in [3.63, 3.8) is 0 Å². The number of ether oxygens (including phenoxy) is 1. The largest absolute Gasteiger partial charge is 0.457 e. The third-order valence-corrected chi connectivity index (χ3v) is 3.23. The Labute approximate surface area is 129 Å². The number of nitro groups is 1. The van der Waals surface area contributed by atoms with Crippen molar-refractivity contribution in [2.75, 3.05) is 7.05 Å². The van der Waals surface area contributed by atoms with Gasteiger partial charge in [0, 0.05) is 28.7 Å². The first-order valence-corrected chi connectivity index (χ1v) is 6.85.